The highest BCUT2D eigenvalue weighted by Gasteiger charge is 2.49. The summed E-state index contributed by atoms with van der Waals surface area (Å²) in [4.78, 5) is 14.7. The summed E-state index contributed by atoms with van der Waals surface area (Å²) in [5.74, 6) is -0.0971. The van der Waals surface area contributed by atoms with Crippen LogP contribution >= 0.6 is 23.2 Å². The van der Waals surface area contributed by atoms with Crippen molar-refractivity contribution in [1.82, 2.24) is 4.90 Å². The van der Waals surface area contributed by atoms with E-state index in [0.717, 1.165) is 24.8 Å². The molecule has 0 aliphatic carbocycles. The zero-order valence-corrected chi connectivity index (χ0v) is 13.7. The molecule has 2 bridgehead atoms. The molecule has 4 atom stereocenters. The predicted molar refractivity (Wildman–Crippen MR) is 83.9 cm³/mol. The van der Waals surface area contributed by atoms with Gasteiger partial charge >= 0.3 is 5.97 Å². The summed E-state index contributed by atoms with van der Waals surface area (Å²) in [6.45, 7) is 0. The molecule has 0 radical (unpaired) electrons. The van der Waals surface area contributed by atoms with Crippen molar-refractivity contribution in [3.8, 4) is 0 Å². The highest BCUT2D eigenvalue weighted by atomic mass is 35.5. The van der Waals surface area contributed by atoms with Crippen LogP contribution in [0.1, 0.15) is 30.7 Å². The average molecular weight is 328 g/mol. The lowest BCUT2D eigenvalue weighted by Gasteiger charge is -2.41. The first kappa shape index (κ1) is 15.1. The molecule has 21 heavy (non-hydrogen) atoms. The highest BCUT2D eigenvalue weighted by Crippen LogP contribution is 2.47. The van der Waals surface area contributed by atoms with Crippen molar-refractivity contribution in [3.05, 3.63) is 33.8 Å². The van der Waals surface area contributed by atoms with Crippen LogP contribution in [0.4, 0.5) is 0 Å². The number of carbonyl (C=O) groups is 1. The Morgan fingerprint density at radius 1 is 1.29 bits per heavy atom. The Hall–Kier alpha value is -0.770. The molecule has 5 heteroatoms. The molecule has 3 nitrogen and oxygen atoms in total. The van der Waals surface area contributed by atoms with Gasteiger partial charge in [-0.2, -0.15) is 0 Å². The van der Waals surface area contributed by atoms with Crippen molar-refractivity contribution in [3.63, 3.8) is 0 Å². The molecule has 2 saturated heterocycles. The van der Waals surface area contributed by atoms with Gasteiger partial charge in [0, 0.05) is 18.0 Å². The molecule has 0 amide bonds. The first-order valence-corrected chi connectivity index (χ1v) is 8.03. The number of hydrogen-bond donors (Lipinski definition) is 0. The van der Waals surface area contributed by atoms with Crippen LogP contribution in [0.25, 0.3) is 0 Å². The maximum absolute atomic E-state index is 12.3. The van der Waals surface area contributed by atoms with Crippen molar-refractivity contribution < 1.29 is 9.53 Å². The normalized spacial score (nSPS) is 32.2. The Morgan fingerprint density at radius 2 is 2.05 bits per heavy atom. The van der Waals surface area contributed by atoms with E-state index < -0.39 is 0 Å². The molecule has 0 spiro atoms. The summed E-state index contributed by atoms with van der Waals surface area (Å²) in [6, 6.07) is 6.49. The van der Waals surface area contributed by atoms with Crippen molar-refractivity contribution >= 4 is 29.2 Å². The van der Waals surface area contributed by atoms with Gasteiger partial charge in [-0.05, 0) is 44.0 Å². The second kappa shape index (κ2) is 5.79. The minimum absolute atomic E-state index is 0.122. The molecule has 1 aromatic rings. The smallest absolute Gasteiger partial charge is 0.310 e. The number of esters is 1. The van der Waals surface area contributed by atoms with E-state index in [1.165, 1.54) is 7.11 Å². The SMILES string of the molecule is COC(=O)[C@@H]1[C@@H](c2ccc(Cl)c(Cl)c2)C[C@@H]2CC[C@H]1N2C. The first-order valence-electron chi connectivity index (χ1n) is 7.27. The Bertz CT molecular complexity index is 563. The molecule has 2 aliphatic heterocycles. The standard InChI is InChI=1S/C16H19Cl2NO2/c1-19-10-4-6-14(19)15(16(20)21-2)11(8-10)9-3-5-12(17)13(18)7-9/h3,5,7,10-11,14-15H,4,6,8H2,1-2H3/t10-,11+,14+,15+/m0/s1. The van der Waals surface area contributed by atoms with Gasteiger partial charge in [-0.15, -0.1) is 0 Å². The van der Waals surface area contributed by atoms with E-state index in [4.69, 9.17) is 27.9 Å². The van der Waals surface area contributed by atoms with E-state index in [1.54, 1.807) is 0 Å². The van der Waals surface area contributed by atoms with Crippen molar-refractivity contribution in [2.24, 2.45) is 5.92 Å². The summed E-state index contributed by atoms with van der Waals surface area (Å²) >= 11 is 12.2. The Balaban J connectivity index is 1.98. The third kappa shape index (κ3) is 2.56. The number of rotatable bonds is 2. The molecular formula is C16H19Cl2NO2. The molecule has 2 aliphatic rings. The van der Waals surface area contributed by atoms with Gasteiger partial charge in [-0.1, -0.05) is 29.3 Å². The van der Waals surface area contributed by atoms with Gasteiger partial charge in [0.05, 0.1) is 23.1 Å². The van der Waals surface area contributed by atoms with Gasteiger partial charge in [0.2, 0.25) is 0 Å². The van der Waals surface area contributed by atoms with Crippen LogP contribution in [0.3, 0.4) is 0 Å². The number of halogens is 2. The Kier molecular flexibility index (Phi) is 4.17. The summed E-state index contributed by atoms with van der Waals surface area (Å²) < 4.78 is 5.07. The number of fused-ring (bicyclic) bond motifs is 2. The van der Waals surface area contributed by atoms with E-state index in [9.17, 15) is 4.79 Å². The van der Waals surface area contributed by atoms with Gasteiger partial charge in [0.1, 0.15) is 0 Å². The average Bonchev–Trinajstić information content (AvgIpc) is 2.72. The lowest BCUT2D eigenvalue weighted by atomic mass is 9.76. The topological polar surface area (TPSA) is 29.5 Å². The van der Waals surface area contributed by atoms with E-state index in [2.05, 4.69) is 11.9 Å². The number of piperidine rings is 1. The van der Waals surface area contributed by atoms with E-state index >= 15 is 0 Å². The van der Waals surface area contributed by atoms with Gasteiger partial charge in [-0.3, -0.25) is 9.69 Å². The van der Waals surface area contributed by atoms with E-state index in [0.29, 0.717) is 16.1 Å². The minimum atomic E-state index is -0.129. The summed E-state index contributed by atoms with van der Waals surface area (Å²) in [5, 5.41) is 1.09. The molecule has 2 heterocycles. The third-order valence-corrected chi connectivity index (χ3v) is 5.85. The van der Waals surface area contributed by atoms with Crippen LogP contribution < -0.4 is 0 Å². The third-order valence-electron chi connectivity index (χ3n) is 5.11. The second-order valence-electron chi connectivity index (χ2n) is 6.03. The van der Waals surface area contributed by atoms with Gasteiger partial charge in [0.15, 0.2) is 0 Å². The number of methoxy groups -OCH3 is 1. The molecule has 0 saturated carbocycles. The lowest BCUT2D eigenvalue weighted by molar-refractivity contribution is -0.150. The number of benzene rings is 1. The monoisotopic (exact) mass is 327 g/mol. The molecule has 0 N–H and O–H groups in total. The summed E-state index contributed by atoms with van der Waals surface area (Å²) in [7, 11) is 3.58. The Labute approximate surface area is 135 Å². The van der Waals surface area contributed by atoms with Gasteiger partial charge in [-0.25, -0.2) is 0 Å². The van der Waals surface area contributed by atoms with Gasteiger partial charge < -0.3 is 4.74 Å². The highest BCUT2D eigenvalue weighted by molar-refractivity contribution is 6.42. The maximum atomic E-state index is 12.3. The van der Waals surface area contributed by atoms with E-state index in [-0.39, 0.29) is 23.8 Å². The van der Waals surface area contributed by atoms with Crippen molar-refractivity contribution in [2.45, 2.75) is 37.3 Å². The number of ether oxygens (including phenoxy) is 1. The minimum Gasteiger partial charge on any atom is -0.469 e. The lowest BCUT2D eigenvalue weighted by Crippen LogP contribution is -2.49. The summed E-state index contributed by atoms with van der Waals surface area (Å²) in [5.41, 5.74) is 1.09. The fourth-order valence-electron chi connectivity index (χ4n) is 4.01. The number of nitrogens with zero attached hydrogens (tertiary/aromatic N) is 1. The fraction of sp³-hybridized carbons (Fsp3) is 0.562. The molecule has 114 valence electrons. The van der Waals surface area contributed by atoms with Crippen LogP contribution in [0, 0.1) is 5.92 Å². The second-order valence-corrected chi connectivity index (χ2v) is 6.84. The quantitative estimate of drug-likeness (QED) is 0.775. The maximum Gasteiger partial charge on any atom is 0.310 e. The molecule has 2 fully saturated rings. The predicted octanol–water partition coefficient (Wildman–Crippen LogP) is 3.73. The number of hydrogen-bond acceptors (Lipinski definition) is 3. The van der Waals surface area contributed by atoms with Crippen LogP contribution in [-0.4, -0.2) is 37.1 Å². The van der Waals surface area contributed by atoms with Crippen molar-refractivity contribution in [1.29, 1.82) is 0 Å². The summed E-state index contributed by atoms with van der Waals surface area (Å²) in [6.07, 6.45) is 3.16. The zero-order valence-electron chi connectivity index (χ0n) is 12.2. The van der Waals surface area contributed by atoms with Gasteiger partial charge in [0.25, 0.3) is 0 Å². The zero-order chi connectivity index (χ0) is 15.1. The van der Waals surface area contributed by atoms with Crippen LogP contribution in [0.2, 0.25) is 10.0 Å². The molecular weight excluding hydrogens is 309 g/mol. The fourth-order valence-corrected chi connectivity index (χ4v) is 4.32. The first-order chi connectivity index (χ1) is 10.0. The number of carbonyl (C=O) groups excluding carboxylic acids is 1. The molecule has 0 unspecified atom stereocenters. The van der Waals surface area contributed by atoms with E-state index in [1.807, 2.05) is 18.2 Å². The van der Waals surface area contributed by atoms with Crippen LogP contribution in [0.15, 0.2) is 18.2 Å². The van der Waals surface area contributed by atoms with Crippen LogP contribution in [-0.2, 0) is 9.53 Å². The Morgan fingerprint density at radius 3 is 2.71 bits per heavy atom. The van der Waals surface area contributed by atoms with Crippen molar-refractivity contribution in [2.75, 3.05) is 14.2 Å². The van der Waals surface area contributed by atoms with Crippen LogP contribution in [0.5, 0.6) is 0 Å². The molecule has 1 aromatic carbocycles. The molecule has 3 rings (SSSR count). The largest absolute Gasteiger partial charge is 0.469 e. The molecule has 0 aromatic heterocycles.